The SMILES string of the molecule is C=CCCN(C)S(=O)(=O)c1cc(Br)cc(N)c1C. The fourth-order valence-corrected chi connectivity index (χ4v) is 3.59. The number of anilines is 1. The molecule has 100 valence electrons. The van der Waals surface area contributed by atoms with E-state index in [-0.39, 0.29) is 4.90 Å². The second-order valence-electron chi connectivity index (χ2n) is 4.02. The van der Waals surface area contributed by atoms with Crippen molar-refractivity contribution in [1.82, 2.24) is 4.31 Å². The molecule has 2 N–H and O–H groups in total. The summed E-state index contributed by atoms with van der Waals surface area (Å²) in [5, 5.41) is 0. The largest absolute Gasteiger partial charge is 0.398 e. The van der Waals surface area contributed by atoms with Crippen molar-refractivity contribution in [2.75, 3.05) is 19.3 Å². The van der Waals surface area contributed by atoms with Crippen molar-refractivity contribution < 1.29 is 8.42 Å². The van der Waals surface area contributed by atoms with Gasteiger partial charge in [-0.2, -0.15) is 0 Å². The van der Waals surface area contributed by atoms with E-state index < -0.39 is 10.0 Å². The van der Waals surface area contributed by atoms with Gasteiger partial charge in [0.25, 0.3) is 0 Å². The lowest BCUT2D eigenvalue weighted by molar-refractivity contribution is 0.475. The van der Waals surface area contributed by atoms with Crippen molar-refractivity contribution in [3.8, 4) is 0 Å². The van der Waals surface area contributed by atoms with Crippen molar-refractivity contribution in [3.05, 3.63) is 34.8 Å². The normalized spacial score (nSPS) is 11.8. The first-order chi connectivity index (χ1) is 8.30. The second-order valence-corrected chi connectivity index (χ2v) is 6.95. The zero-order valence-corrected chi connectivity index (χ0v) is 12.9. The predicted molar refractivity (Wildman–Crippen MR) is 77.9 cm³/mol. The lowest BCUT2D eigenvalue weighted by Crippen LogP contribution is -2.28. The Balaban J connectivity index is 3.24. The molecule has 0 aliphatic heterocycles. The molecule has 1 aromatic carbocycles. The van der Waals surface area contributed by atoms with Gasteiger partial charge in [-0.25, -0.2) is 12.7 Å². The highest BCUT2D eigenvalue weighted by molar-refractivity contribution is 9.10. The van der Waals surface area contributed by atoms with Crippen LogP contribution >= 0.6 is 15.9 Å². The molecule has 0 amide bonds. The van der Waals surface area contributed by atoms with Crippen LogP contribution in [0.5, 0.6) is 0 Å². The van der Waals surface area contributed by atoms with Crippen molar-refractivity contribution in [2.45, 2.75) is 18.2 Å². The maximum Gasteiger partial charge on any atom is 0.243 e. The minimum Gasteiger partial charge on any atom is -0.398 e. The van der Waals surface area contributed by atoms with E-state index in [1.54, 1.807) is 32.2 Å². The molecule has 0 atom stereocenters. The Hall–Kier alpha value is -0.850. The third-order valence-electron chi connectivity index (χ3n) is 2.70. The summed E-state index contributed by atoms with van der Waals surface area (Å²) in [6, 6.07) is 3.27. The number of nitrogens with zero attached hydrogens (tertiary/aromatic N) is 1. The maximum absolute atomic E-state index is 12.4. The molecule has 6 heteroatoms. The monoisotopic (exact) mass is 332 g/mol. The molecule has 0 radical (unpaired) electrons. The number of hydrogen-bond acceptors (Lipinski definition) is 3. The summed E-state index contributed by atoms with van der Waals surface area (Å²) in [4.78, 5) is 0.237. The summed E-state index contributed by atoms with van der Waals surface area (Å²) in [6.07, 6.45) is 2.30. The summed E-state index contributed by atoms with van der Waals surface area (Å²) in [7, 11) is -1.96. The highest BCUT2D eigenvalue weighted by Crippen LogP contribution is 2.28. The van der Waals surface area contributed by atoms with Crippen molar-refractivity contribution in [2.24, 2.45) is 0 Å². The lowest BCUT2D eigenvalue weighted by Gasteiger charge is -2.18. The molecule has 0 heterocycles. The van der Waals surface area contributed by atoms with Crippen LogP contribution in [0.2, 0.25) is 0 Å². The summed E-state index contributed by atoms with van der Waals surface area (Å²) in [5.41, 5.74) is 6.82. The Bertz CT molecular complexity index is 555. The first-order valence-electron chi connectivity index (χ1n) is 5.43. The predicted octanol–water partition coefficient (Wildman–Crippen LogP) is 2.54. The molecule has 4 nitrogen and oxygen atoms in total. The van der Waals surface area contributed by atoms with Crippen LogP contribution in [0.4, 0.5) is 5.69 Å². The van der Waals surface area contributed by atoms with Crippen LogP contribution in [-0.4, -0.2) is 26.3 Å². The Labute approximate surface area is 117 Å². The van der Waals surface area contributed by atoms with Crippen LogP contribution in [0.3, 0.4) is 0 Å². The maximum atomic E-state index is 12.4. The zero-order chi connectivity index (χ0) is 13.9. The van der Waals surface area contributed by atoms with E-state index in [1.807, 2.05) is 0 Å². The van der Waals surface area contributed by atoms with E-state index in [2.05, 4.69) is 22.5 Å². The minimum absolute atomic E-state index is 0.237. The molecule has 0 bridgehead atoms. The number of benzene rings is 1. The third-order valence-corrected chi connectivity index (χ3v) is 5.14. The fourth-order valence-electron chi connectivity index (χ4n) is 1.50. The van der Waals surface area contributed by atoms with Crippen LogP contribution in [0.25, 0.3) is 0 Å². The van der Waals surface area contributed by atoms with E-state index in [1.165, 1.54) is 4.31 Å². The third kappa shape index (κ3) is 3.13. The molecular weight excluding hydrogens is 316 g/mol. The Kier molecular flexibility index (Phi) is 4.95. The fraction of sp³-hybridized carbons (Fsp3) is 0.333. The van der Waals surface area contributed by atoms with Crippen LogP contribution in [0.15, 0.2) is 34.2 Å². The van der Waals surface area contributed by atoms with Crippen molar-refractivity contribution in [3.63, 3.8) is 0 Å². The minimum atomic E-state index is -3.51. The van der Waals surface area contributed by atoms with Crippen molar-refractivity contribution >= 4 is 31.6 Å². The molecule has 1 rings (SSSR count). The van der Waals surface area contributed by atoms with E-state index >= 15 is 0 Å². The van der Waals surface area contributed by atoms with Gasteiger partial charge in [0.15, 0.2) is 0 Å². The Morgan fingerprint density at radius 3 is 2.67 bits per heavy atom. The van der Waals surface area contributed by atoms with Gasteiger partial charge in [-0.1, -0.05) is 22.0 Å². The molecule has 0 aliphatic carbocycles. The lowest BCUT2D eigenvalue weighted by atomic mass is 10.2. The van der Waals surface area contributed by atoms with E-state index in [0.717, 1.165) is 0 Å². The quantitative estimate of drug-likeness (QED) is 0.665. The van der Waals surface area contributed by atoms with Gasteiger partial charge in [-0.3, -0.25) is 0 Å². The first-order valence-corrected chi connectivity index (χ1v) is 7.67. The standard InChI is InChI=1S/C12H17BrN2O2S/c1-4-5-6-15(3)18(16,17)12-8-10(13)7-11(14)9(12)2/h4,7-8H,1,5-6,14H2,2-3H3. The summed E-state index contributed by atoms with van der Waals surface area (Å²) < 4.78 is 26.7. The number of hydrogen-bond donors (Lipinski definition) is 1. The zero-order valence-electron chi connectivity index (χ0n) is 10.5. The van der Waals surface area contributed by atoms with Crippen LogP contribution in [-0.2, 0) is 10.0 Å². The van der Waals surface area contributed by atoms with Gasteiger partial charge in [-0.15, -0.1) is 6.58 Å². The molecule has 0 saturated heterocycles. The molecule has 0 spiro atoms. The van der Waals surface area contributed by atoms with Gasteiger partial charge in [-0.05, 0) is 31.0 Å². The highest BCUT2D eigenvalue weighted by atomic mass is 79.9. The summed E-state index contributed by atoms with van der Waals surface area (Å²) >= 11 is 3.26. The van der Waals surface area contributed by atoms with E-state index in [0.29, 0.717) is 28.7 Å². The van der Waals surface area contributed by atoms with Crippen molar-refractivity contribution in [1.29, 1.82) is 0 Å². The van der Waals surface area contributed by atoms with Gasteiger partial charge in [0.05, 0.1) is 4.90 Å². The second kappa shape index (κ2) is 5.86. The van der Waals surface area contributed by atoms with Gasteiger partial charge < -0.3 is 5.73 Å². The average molecular weight is 333 g/mol. The summed E-state index contributed by atoms with van der Waals surface area (Å²) in [6.45, 7) is 5.69. The number of halogens is 1. The number of rotatable bonds is 5. The topological polar surface area (TPSA) is 63.4 Å². The number of sulfonamides is 1. The molecular formula is C12H17BrN2O2S. The molecule has 18 heavy (non-hydrogen) atoms. The van der Waals surface area contributed by atoms with Gasteiger partial charge in [0.1, 0.15) is 0 Å². The van der Waals surface area contributed by atoms with Gasteiger partial charge >= 0.3 is 0 Å². The first kappa shape index (κ1) is 15.2. The van der Waals surface area contributed by atoms with Crippen LogP contribution in [0.1, 0.15) is 12.0 Å². The molecule has 1 aromatic rings. The number of nitrogen functional groups attached to an aromatic ring is 1. The molecule has 0 unspecified atom stereocenters. The molecule has 0 aliphatic rings. The summed E-state index contributed by atoms with van der Waals surface area (Å²) in [5.74, 6) is 0. The Morgan fingerprint density at radius 1 is 1.50 bits per heavy atom. The van der Waals surface area contributed by atoms with Crippen LogP contribution < -0.4 is 5.73 Å². The van der Waals surface area contributed by atoms with Gasteiger partial charge in [0.2, 0.25) is 10.0 Å². The highest BCUT2D eigenvalue weighted by Gasteiger charge is 2.23. The average Bonchev–Trinajstić information content (AvgIpc) is 2.30. The smallest absolute Gasteiger partial charge is 0.243 e. The van der Waals surface area contributed by atoms with E-state index in [4.69, 9.17) is 5.73 Å². The van der Waals surface area contributed by atoms with E-state index in [9.17, 15) is 8.42 Å². The molecule has 0 saturated carbocycles. The Morgan fingerprint density at radius 2 is 2.11 bits per heavy atom. The number of nitrogens with two attached hydrogens (primary N) is 1. The molecule has 0 aromatic heterocycles. The van der Waals surface area contributed by atoms with Crippen LogP contribution in [0, 0.1) is 6.92 Å². The van der Waals surface area contributed by atoms with Gasteiger partial charge in [0, 0.05) is 23.8 Å². The molecule has 0 fully saturated rings.